The molecule has 2 heterocycles. The zero-order valence-electron chi connectivity index (χ0n) is 13.8. The van der Waals surface area contributed by atoms with Gasteiger partial charge in [0.05, 0.1) is 17.7 Å². The van der Waals surface area contributed by atoms with E-state index in [2.05, 4.69) is 36.5 Å². The maximum absolute atomic E-state index is 12.3. The van der Waals surface area contributed by atoms with Gasteiger partial charge in [0.15, 0.2) is 0 Å². The predicted octanol–water partition coefficient (Wildman–Crippen LogP) is 2.76. The maximum atomic E-state index is 12.3. The van der Waals surface area contributed by atoms with Crippen LogP contribution in [0.3, 0.4) is 0 Å². The summed E-state index contributed by atoms with van der Waals surface area (Å²) in [5.74, 6) is -0.764. The summed E-state index contributed by atoms with van der Waals surface area (Å²) in [4.78, 5) is 26.7. The van der Waals surface area contributed by atoms with Crippen LogP contribution in [0, 0.1) is 10.1 Å². The lowest BCUT2D eigenvalue weighted by Crippen LogP contribution is -2.19. The molecule has 0 atom stereocenters. The van der Waals surface area contributed by atoms with Crippen LogP contribution < -0.4 is 5.43 Å². The van der Waals surface area contributed by atoms with Crippen LogP contribution in [0.5, 0.6) is 0 Å². The number of carbonyl (C=O) groups excluding carboxylic acids is 1. The quantitative estimate of drug-likeness (QED) is 0.368. The Bertz CT molecular complexity index is 1000. The fraction of sp³-hybridized carbons (Fsp3) is 0.0588. The van der Waals surface area contributed by atoms with E-state index in [1.807, 2.05) is 24.3 Å². The Hall–Kier alpha value is -3.40. The summed E-state index contributed by atoms with van der Waals surface area (Å²) >= 11 is 3.37. The third-order valence-electron chi connectivity index (χ3n) is 3.47. The van der Waals surface area contributed by atoms with Crippen molar-refractivity contribution < 1.29 is 9.72 Å². The Kier molecular flexibility index (Phi) is 5.67. The molecule has 0 aliphatic carbocycles. The van der Waals surface area contributed by atoms with E-state index in [1.54, 1.807) is 24.5 Å². The molecule has 0 fully saturated rings. The highest BCUT2D eigenvalue weighted by molar-refractivity contribution is 9.10. The van der Waals surface area contributed by atoms with Crippen LogP contribution in [-0.2, 0) is 6.54 Å². The van der Waals surface area contributed by atoms with Crippen molar-refractivity contribution in [1.82, 2.24) is 20.2 Å². The lowest BCUT2D eigenvalue weighted by Gasteiger charge is -2.01. The smallest absolute Gasteiger partial charge is 0.265 e. The van der Waals surface area contributed by atoms with Gasteiger partial charge in [-0.2, -0.15) is 10.2 Å². The van der Waals surface area contributed by atoms with Crippen molar-refractivity contribution in [2.75, 3.05) is 0 Å². The molecule has 1 amide bonds. The molecular formula is C17H13BrN6O3. The highest BCUT2D eigenvalue weighted by Gasteiger charge is 2.25. The molecule has 0 saturated carbocycles. The number of hydrogen-bond donors (Lipinski definition) is 1. The third-order valence-corrected chi connectivity index (χ3v) is 3.97. The van der Waals surface area contributed by atoms with E-state index < -0.39 is 10.8 Å². The Morgan fingerprint density at radius 1 is 1.33 bits per heavy atom. The van der Waals surface area contributed by atoms with Gasteiger partial charge in [-0.15, -0.1) is 0 Å². The number of rotatable bonds is 6. The average Bonchev–Trinajstić information content (AvgIpc) is 3.07. The van der Waals surface area contributed by atoms with Gasteiger partial charge in [0.1, 0.15) is 6.20 Å². The molecule has 0 aliphatic heterocycles. The Labute approximate surface area is 162 Å². The Morgan fingerprint density at radius 2 is 2.11 bits per heavy atom. The fourth-order valence-electron chi connectivity index (χ4n) is 2.28. The van der Waals surface area contributed by atoms with Crippen molar-refractivity contribution in [3.8, 4) is 0 Å². The summed E-state index contributed by atoms with van der Waals surface area (Å²) in [6.45, 7) is 0.286. The molecule has 1 aromatic carbocycles. The number of hydrogen-bond acceptors (Lipinski definition) is 6. The lowest BCUT2D eigenvalue weighted by atomic mass is 10.2. The highest BCUT2D eigenvalue weighted by atomic mass is 79.9. The number of benzene rings is 1. The minimum atomic E-state index is -0.764. The van der Waals surface area contributed by atoms with Gasteiger partial charge in [-0.25, -0.2) is 5.43 Å². The number of hydrazone groups is 1. The van der Waals surface area contributed by atoms with E-state index in [1.165, 1.54) is 17.1 Å². The van der Waals surface area contributed by atoms with Gasteiger partial charge >= 0.3 is 5.69 Å². The van der Waals surface area contributed by atoms with Crippen LogP contribution in [0.4, 0.5) is 5.69 Å². The molecule has 3 aromatic rings. The standard InChI is InChI=1S/C17H13BrN6O3/c18-14-3-1-2-13(8-14)10-23-11-15(24(26)27)16(22-23)17(25)21-20-9-12-4-6-19-7-5-12/h1-9,11H,10H2,(H,21,25)/b20-9+. The molecular weight excluding hydrogens is 416 g/mol. The van der Waals surface area contributed by atoms with Crippen LogP contribution in [0.15, 0.2) is 64.6 Å². The van der Waals surface area contributed by atoms with Gasteiger partial charge in [0.2, 0.25) is 5.69 Å². The summed E-state index contributed by atoms with van der Waals surface area (Å²) in [6.07, 6.45) is 5.79. The van der Waals surface area contributed by atoms with Gasteiger partial charge in [0.25, 0.3) is 5.91 Å². The van der Waals surface area contributed by atoms with Crippen molar-refractivity contribution >= 4 is 33.7 Å². The van der Waals surface area contributed by atoms with Crippen molar-refractivity contribution in [2.24, 2.45) is 5.10 Å². The summed E-state index contributed by atoms with van der Waals surface area (Å²) in [5.41, 5.74) is 3.16. The molecule has 0 spiro atoms. The fourth-order valence-corrected chi connectivity index (χ4v) is 2.72. The van der Waals surface area contributed by atoms with Gasteiger partial charge in [-0.1, -0.05) is 28.1 Å². The van der Waals surface area contributed by atoms with E-state index in [4.69, 9.17) is 0 Å². The van der Waals surface area contributed by atoms with Crippen LogP contribution in [0.2, 0.25) is 0 Å². The molecule has 1 N–H and O–H groups in total. The van der Waals surface area contributed by atoms with Gasteiger partial charge in [0, 0.05) is 16.9 Å². The first kappa shape index (κ1) is 18.4. The molecule has 10 heteroatoms. The molecule has 136 valence electrons. The zero-order chi connectivity index (χ0) is 19.2. The number of carbonyl (C=O) groups is 1. The number of nitrogens with zero attached hydrogens (tertiary/aromatic N) is 5. The first-order chi connectivity index (χ1) is 13.0. The van der Waals surface area contributed by atoms with Crippen LogP contribution in [0.25, 0.3) is 0 Å². The third kappa shape index (κ3) is 4.82. The topological polar surface area (TPSA) is 115 Å². The van der Waals surface area contributed by atoms with E-state index in [0.717, 1.165) is 15.6 Å². The van der Waals surface area contributed by atoms with Crippen LogP contribution >= 0.6 is 15.9 Å². The highest BCUT2D eigenvalue weighted by Crippen LogP contribution is 2.18. The van der Waals surface area contributed by atoms with Crippen molar-refractivity contribution in [1.29, 1.82) is 0 Å². The lowest BCUT2D eigenvalue weighted by molar-refractivity contribution is -0.385. The summed E-state index contributed by atoms with van der Waals surface area (Å²) in [5, 5.41) is 19.1. The van der Waals surface area contributed by atoms with E-state index in [9.17, 15) is 14.9 Å². The van der Waals surface area contributed by atoms with E-state index >= 15 is 0 Å². The minimum absolute atomic E-state index is 0.286. The van der Waals surface area contributed by atoms with Crippen LogP contribution in [-0.4, -0.2) is 31.8 Å². The monoisotopic (exact) mass is 428 g/mol. The van der Waals surface area contributed by atoms with Crippen LogP contribution in [0.1, 0.15) is 21.6 Å². The number of amides is 1. The van der Waals surface area contributed by atoms with E-state index in [0.29, 0.717) is 0 Å². The molecule has 0 saturated heterocycles. The molecule has 3 rings (SSSR count). The maximum Gasteiger partial charge on any atom is 0.320 e. The first-order valence-electron chi connectivity index (χ1n) is 7.72. The Balaban J connectivity index is 1.77. The normalized spacial score (nSPS) is 10.9. The minimum Gasteiger partial charge on any atom is -0.265 e. The second-order valence-corrected chi connectivity index (χ2v) is 6.34. The molecule has 0 unspecified atom stereocenters. The van der Waals surface area contributed by atoms with Crippen molar-refractivity contribution in [2.45, 2.75) is 6.54 Å². The average molecular weight is 429 g/mol. The molecule has 2 aromatic heterocycles. The van der Waals surface area contributed by atoms with E-state index in [-0.39, 0.29) is 17.9 Å². The molecule has 27 heavy (non-hydrogen) atoms. The molecule has 0 bridgehead atoms. The van der Waals surface area contributed by atoms with Gasteiger partial charge in [-0.3, -0.25) is 24.6 Å². The zero-order valence-corrected chi connectivity index (χ0v) is 15.4. The number of halogens is 1. The second kappa shape index (κ2) is 8.32. The first-order valence-corrected chi connectivity index (χ1v) is 8.52. The number of nitrogens with one attached hydrogen (secondary N) is 1. The van der Waals surface area contributed by atoms with Gasteiger partial charge in [-0.05, 0) is 35.4 Å². The largest absolute Gasteiger partial charge is 0.320 e. The Morgan fingerprint density at radius 3 is 2.81 bits per heavy atom. The summed E-state index contributed by atoms with van der Waals surface area (Å²) < 4.78 is 2.23. The molecule has 0 aliphatic rings. The second-order valence-electron chi connectivity index (χ2n) is 5.43. The number of pyridine rings is 1. The van der Waals surface area contributed by atoms with Crippen molar-refractivity contribution in [3.63, 3.8) is 0 Å². The van der Waals surface area contributed by atoms with Gasteiger partial charge < -0.3 is 0 Å². The van der Waals surface area contributed by atoms with Crippen molar-refractivity contribution in [3.05, 3.63) is 86.4 Å². The molecule has 9 nitrogen and oxygen atoms in total. The number of nitro groups is 1. The summed E-state index contributed by atoms with van der Waals surface area (Å²) in [6, 6.07) is 10.8. The molecule has 0 radical (unpaired) electrons. The SMILES string of the molecule is O=C(N/N=C/c1ccncc1)c1nn(Cc2cccc(Br)c2)cc1[N+](=O)[O-]. The number of aromatic nitrogens is 3. The summed E-state index contributed by atoms with van der Waals surface area (Å²) in [7, 11) is 0. The predicted molar refractivity (Wildman–Crippen MR) is 101 cm³/mol.